The van der Waals surface area contributed by atoms with E-state index in [9.17, 15) is 4.79 Å². The van der Waals surface area contributed by atoms with E-state index in [1.807, 2.05) is 19.1 Å². The van der Waals surface area contributed by atoms with Crippen LogP contribution in [0.2, 0.25) is 10.3 Å². The summed E-state index contributed by atoms with van der Waals surface area (Å²) >= 11 is 12.0. The Kier molecular flexibility index (Phi) is 7.63. The number of carbonyl (C=O) groups excluding carboxylic acids is 1. The number of nitrogens with one attached hydrogen (secondary N) is 3. The molecular formula is C24H30Cl2N10O. The SMILES string of the molecule is CCN1CCN(c2cc(Nc3cc(C)[nH]n3)nc(N[C@H]3CCN(C(=O)c4ccc(Cl)nc4Cl)C3)n2)CC1. The third-order valence-corrected chi connectivity index (χ3v) is 7.17. The number of anilines is 4. The van der Waals surface area contributed by atoms with Gasteiger partial charge in [0.25, 0.3) is 5.91 Å². The zero-order valence-corrected chi connectivity index (χ0v) is 22.4. The number of likely N-dealkylation sites (tertiary alicyclic amines) is 1. The van der Waals surface area contributed by atoms with Crippen molar-refractivity contribution in [3.63, 3.8) is 0 Å². The van der Waals surface area contributed by atoms with E-state index in [4.69, 9.17) is 33.2 Å². The topological polar surface area (TPSA) is 118 Å². The van der Waals surface area contributed by atoms with Gasteiger partial charge in [-0.05, 0) is 32.0 Å². The van der Waals surface area contributed by atoms with E-state index in [1.54, 1.807) is 17.0 Å². The van der Waals surface area contributed by atoms with Gasteiger partial charge in [0.2, 0.25) is 5.95 Å². The third kappa shape index (κ3) is 6.06. The number of H-pyrrole nitrogens is 1. The van der Waals surface area contributed by atoms with Crippen molar-refractivity contribution in [2.45, 2.75) is 26.3 Å². The zero-order valence-electron chi connectivity index (χ0n) is 20.8. The molecule has 2 aliphatic rings. The van der Waals surface area contributed by atoms with Gasteiger partial charge in [-0.1, -0.05) is 30.1 Å². The molecule has 3 N–H and O–H groups in total. The first-order valence-electron chi connectivity index (χ1n) is 12.4. The number of halogens is 2. The van der Waals surface area contributed by atoms with Gasteiger partial charge in [0.1, 0.15) is 21.9 Å². The molecule has 3 aromatic heterocycles. The molecule has 2 aliphatic heterocycles. The molecule has 1 atom stereocenters. The van der Waals surface area contributed by atoms with Crippen molar-refractivity contribution in [1.29, 1.82) is 0 Å². The van der Waals surface area contributed by atoms with Gasteiger partial charge in [0, 0.05) is 63.1 Å². The molecule has 5 heterocycles. The van der Waals surface area contributed by atoms with Gasteiger partial charge in [0.15, 0.2) is 5.82 Å². The first-order valence-corrected chi connectivity index (χ1v) is 13.2. The molecule has 0 aromatic carbocycles. The van der Waals surface area contributed by atoms with Crippen LogP contribution in [-0.4, -0.2) is 92.7 Å². The zero-order chi connectivity index (χ0) is 25.9. The first kappa shape index (κ1) is 25.5. The highest BCUT2D eigenvalue weighted by molar-refractivity contribution is 6.34. The number of piperazine rings is 1. The Morgan fingerprint density at radius 2 is 1.89 bits per heavy atom. The molecule has 2 fully saturated rings. The minimum absolute atomic E-state index is 0.00403. The van der Waals surface area contributed by atoms with Gasteiger partial charge in [0.05, 0.1) is 5.56 Å². The highest BCUT2D eigenvalue weighted by Crippen LogP contribution is 2.25. The fraction of sp³-hybridized carbons (Fsp3) is 0.458. The van der Waals surface area contributed by atoms with E-state index in [1.165, 1.54) is 0 Å². The fourth-order valence-corrected chi connectivity index (χ4v) is 5.04. The smallest absolute Gasteiger partial charge is 0.257 e. The van der Waals surface area contributed by atoms with Gasteiger partial charge in [-0.15, -0.1) is 0 Å². The van der Waals surface area contributed by atoms with Crippen molar-refractivity contribution < 1.29 is 4.79 Å². The number of rotatable bonds is 7. The minimum Gasteiger partial charge on any atom is -0.354 e. The Hall–Kier alpha value is -3.15. The molecule has 196 valence electrons. The molecule has 13 heteroatoms. The number of aryl methyl sites for hydroxylation is 1. The maximum Gasteiger partial charge on any atom is 0.257 e. The average Bonchev–Trinajstić information content (AvgIpc) is 3.52. The van der Waals surface area contributed by atoms with Crippen LogP contribution >= 0.6 is 23.2 Å². The molecule has 3 aromatic rings. The number of amides is 1. The molecule has 5 rings (SSSR count). The Morgan fingerprint density at radius 3 is 2.59 bits per heavy atom. The van der Waals surface area contributed by atoms with Crippen molar-refractivity contribution in [2.75, 3.05) is 61.3 Å². The molecule has 0 unspecified atom stereocenters. The van der Waals surface area contributed by atoms with Gasteiger partial charge in [-0.2, -0.15) is 15.1 Å². The molecule has 0 spiro atoms. The Bertz CT molecular complexity index is 1260. The van der Waals surface area contributed by atoms with Crippen molar-refractivity contribution in [2.24, 2.45) is 0 Å². The van der Waals surface area contributed by atoms with Crippen LogP contribution in [0.15, 0.2) is 24.3 Å². The Labute approximate surface area is 225 Å². The van der Waals surface area contributed by atoms with Crippen LogP contribution in [0.3, 0.4) is 0 Å². The van der Waals surface area contributed by atoms with E-state index in [2.05, 4.69) is 42.5 Å². The summed E-state index contributed by atoms with van der Waals surface area (Å²) < 4.78 is 0. The summed E-state index contributed by atoms with van der Waals surface area (Å²) in [7, 11) is 0. The molecular weight excluding hydrogens is 515 g/mol. The minimum atomic E-state index is -0.168. The van der Waals surface area contributed by atoms with E-state index >= 15 is 0 Å². The summed E-state index contributed by atoms with van der Waals surface area (Å²) in [5.41, 5.74) is 1.30. The van der Waals surface area contributed by atoms with Crippen molar-refractivity contribution >= 4 is 52.5 Å². The number of pyridine rings is 1. The second kappa shape index (κ2) is 11.1. The summed E-state index contributed by atoms with van der Waals surface area (Å²) in [5, 5.41) is 14.3. The van der Waals surface area contributed by atoms with Crippen LogP contribution < -0.4 is 15.5 Å². The number of likely N-dealkylation sites (N-methyl/N-ethyl adjacent to an activating group) is 1. The van der Waals surface area contributed by atoms with Gasteiger partial charge < -0.3 is 25.3 Å². The van der Waals surface area contributed by atoms with E-state index < -0.39 is 0 Å². The summed E-state index contributed by atoms with van der Waals surface area (Å²) in [5.74, 6) is 2.54. The predicted octanol–water partition coefficient (Wildman–Crippen LogP) is 3.42. The van der Waals surface area contributed by atoms with E-state index in [0.29, 0.717) is 36.2 Å². The predicted molar refractivity (Wildman–Crippen MR) is 145 cm³/mol. The van der Waals surface area contributed by atoms with Gasteiger partial charge in [-0.3, -0.25) is 9.89 Å². The van der Waals surface area contributed by atoms with Crippen molar-refractivity contribution in [3.05, 3.63) is 45.8 Å². The third-order valence-electron chi connectivity index (χ3n) is 6.67. The van der Waals surface area contributed by atoms with Crippen LogP contribution in [0.5, 0.6) is 0 Å². The molecule has 0 bridgehead atoms. The first-order chi connectivity index (χ1) is 17.9. The summed E-state index contributed by atoms with van der Waals surface area (Å²) in [6, 6.07) is 7.06. The van der Waals surface area contributed by atoms with Gasteiger partial charge >= 0.3 is 0 Å². The molecule has 2 saturated heterocycles. The van der Waals surface area contributed by atoms with Crippen LogP contribution in [-0.2, 0) is 0 Å². The quantitative estimate of drug-likeness (QED) is 0.384. The van der Waals surface area contributed by atoms with Crippen LogP contribution in [0, 0.1) is 6.92 Å². The second-order valence-electron chi connectivity index (χ2n) is 9.27. The Balaban J connectivity index is 1.31. The lowest BCUT2D eigenvalue weighted by atomic mass is 10.2. The average molecular weight is 545 g/mol. The van der Waals surface area contributed by atoms with Crippen LogP contribution in [0.1, 0.15) is 29.4 Å². The molecule has 1 amide bonds. The van der Waals surface area contributed by atoms with Crippen LogP contribution in [0.4, 0.5) is 23.4 Å². The molecule has 0 saturated carbocycles. The van der Waals surface area contributed by atoms with Crippen molar-refractivity contribution in [3.8, 4) is 0 Å². The summed E-state index contributed by atoms with van der Waals surface area (Å²) in [6.07, 6.45) is 0.758. The fourth-order valence-electron chi connectivity index (χ4n) is 4.62. The number of hydrogen-bond donors (Lipinski definition) is 3. The molecule has 0 aliphatic carbocycles. The van der Waals surface area contributed by atoms with Crippen molar-refractivity contribution in [1.82, 2.24) is 34.9 Å². The number of aromatic amines is 1. The molecule has 0 radical (unpaired) electrons. The van der Waals surface area contributed by atoms with Gasteiger partial charge in [-0.25, -0.2) is 4.98 Å². The number of nitrogens with zero attached hydrogens (tertiary/aromatic N) is 7. The maximum absolute atomic E-state index is 13.0. The second-order valence-corrected chi connectivity index (χ2v) is 10.0. The van der Waals surface area contributed by atoms with Crippen LogP contribution in [0.25, 0.3) is 0 Å². The number of aromatic nitrogens is 5. The highest BCUT2D eigenvalue weighted by atomic mass is 35.5. The van der Waals surface area contributed by atoms with E-state index in [-0.39, 0.29) is 22.3 Å². The largest absolute Gasteiger partial charge is 0.354 e. The summed E-state index contributed by atoms with van der Waals surface area (Å²) in [4.78, 5) is 33.0. The standard InChI is InChI=1S/C24H30Cl2N10O/c1-3-34-8-10-35(11-9-34)21-13-19(29-20-12-15(2)32-33-20)30-24(31-21)27-16-6-7-36(14-16)23(37)17-4-5-18(25)28-22(17)26/h4-5,12-13,16H,3,6-11,14H2,1-2H3,(H3,27,29,30,31,32,33)/t16-/m0/s1. The normalized spacial score (nSPS) is 18.3. The number of hydrogen-bond acceptors (Lipinski definition) is 9. The molecule has 37 heavy (non-hydrogen) atoms. The lowest BCUT2D eigenvalue weighted by molar-refractivity contribution is 0.0791. The number of carbonyl (C=O) groups is 1. The maximum atomic E-state index is 13.0. The highest BCUT2D eigenvalue weighted by Gasteiger charge is 2.29. The van der Waals surface area contributed by atoms with E-state index in [0.717, 1.165) is 50.7 Å². The monoisotopic (exact) mass is 544 g/mol. The Morgan fingerprint density at radius 1 is 1.08 bits per heavy atom. The molecule has 11 nitrogen and oxygen atoms in total. The lowest BCUT2D eigenvalue weighted by Crippen LogP contribution is -2.46. The lowest BCUT2D eigenvalue weighted by Gasteiger charge is -2.35. The summed E-state index contributed by atoms with van der Waals surface area (Å²) in [6.45, 7) is 10.0.